The highest BCUT2D eigenvalue weighted by molar-refractivity contribution is 6.23. The van der Waals surface area contributed by atoms with Crippen molar-refractivity contribution in [1.29, 1.82) is 0 Å². The molecule has 2 aromatic carbocycles. The fraction of sp³-hybridized carbons (Fsp3) is 0.318. The molecule has 0 bridgehead atoms. The summed E-state index contributed by atoms with van der Waals surface area (Å²) in [6, 6.07) is 11.7. The molecule has 140 valence electrons. The lowest BCUT2D eigenvalue weighted by Gasteiger charge is -2.26. The number of nitrogens with zero attached hydrogens (tertiary/aromatic N) is 1. The second-order valence-electron chi connectivity index (χ2n) is 6.94. The molecule has 0 fully saturated rings. The molecular weight excluding hydrogens is 340 g/mol. The van der Waals surface area contributed by atoms with Crippen molar-refractivity contribution in [3.05, 3.63) is 64.7 Å². The minimum atomic E-state index is -0.823. The van der Waals surface area contributed by atoms with Gasteiger partial charge in [-0.2, -0.15) is 0 Å². The van der Waals surface area contributed by atoms with Gasteiger partial charge in [-0.05, 0) is 43.5 Å². The van der Waals surface area contributed by atoms with Crippen LogP contribution in [0.4, 0.5) is 5.69 Å². The van der Waals surface area contributed by atoms with Gasteiger partial charge in [0.05, 0.1) is 11.1 Å². The molecule has 0 aliphatic carbocycles. The fourth-order valence-electron chi connectivity index (χ4n) is 3.48. The first-order valence-corrected chi connectivity index (χ1v) is 9.29. The molecule has 1 N–H and O–H groups in total. The molecule has 3 amide bonds. The van der Waals surface area contributed by atoms with Gasteiger partial charge in [-0.25, -0.2) is 0 Å². The predicted molar refractivity (Wildman–Crippen MR) is 105 cm³/mol. The highest BCUT2D eigenvalue weighted by atomic mass is 16.2. The van der Waals surface area contributed by atoms with Crippen molar-refractivity contribution in [2.45, 2.75) is 46.1 Å². The van der Waals surface area contributed by atoms with Gasteiger partial charge in [0.2, 0.25) is 5.91 Å². The third-order valence-electron chi connectivity index (χ3n) is 5.00. The molecule has 0 unspecified atom stereocenters. The van der Waals surface area contributed by atoms with Gasteiger partial charge in [-0.15, -0.1) is 0 Å². The van der Waals surface area contributed by atoms with Crippen LogP contribution in [0.25, 0.3) is 0 Å². The number of aryl methyl sites for hydroxylation is 2. The third-order valence-corrected chi connectivity index (χ3v) is 5.00. The Morgan fingerprint density at radius 1 is 0.963 bits per heavy atom. The van der Waals surface area contributed by atoms with Crippen LogP contribution in [0.15, 0.2) is 42.5 Å². The number of fused-ring (bicyclic) bond motifs is 1. The highest BCUT2D eigenvalue weighted by Crippen LogP contribution is 2.28. The predicted octanol–water partition coefficient (Wildman–Crippen LogP) is 4.10. The summed E-state index contributed by atoms with van der Waals surface area (Å²) >= 11 is 0. The molecule has 2 aromatic rings. The molecule has 0 aromatic heterocycles. The number of carbonyl (C=O) groups is 3. The summed E-state index contributed by atoms with van der Waals surface area (Å²) in [5.41, 5.74) is 3.35. The number of carbonyl (C=O) groups excluding carboxylic acids is 3. The molecular formula is C22H24N2O3. The van der Waals surface area contributed by atoms with Crippen molar-refractivity contribution in [3.8, 4) is 0 Å². The molecule has 1 aliphatic rings. The van der Waals surface area contributed by atoms with E-state index in [9.17, 15) is 14.4 Å². The van der Waals surface area contributed by atoms with Gasteiger partial charge in [-0.3, -0.25) is 19.3 Å². The number of amides is 3. The number of para-hydroxylation sites is 1. The Bertz CT molecular complexity index is 849. The SMILES string of the molecule is CCCC[C@@H](C(=O)Nc1c(C)cccc1C)N1C(=O)c2ccccc2C1=O. The van der Waals surface area contributed by atoms with Crippen molar-refractivity contribution in [1.82, 2.24) is 4.90 Å². The van der Waals surface area contributed by atoms with Crippen LogP contribution in [0.2, 0.25) is 0 Å². The average molecular weight is 364 g/mol. The summed E-state index contributed by atoms with van der Waals surface area (Å²) < 4.78 is 0. The molecule has 1 heterocycles. The quantitative estimate of drug-likeness (QED) is 0.785. The van der Waals surface area contributed by atoms with E-state index in [-0.39, 0.29) is 5.91 Å². The van der Waals surface area contributed by atoms with E-state index in [2.05, 4.69) is 5.32 Å². The lowest BCUT2D eigenvalue weighted by atomic mass is 10.1. The standard InChI is InChI=1S/C22H24N2O3/c1-4-5-13-18(20(25)23-19-14(2)9-8-10-15(19)3)24-21(26)16-11-6-7-12-17(16)22(24)27/h6-12,18H,4-5,13H2,1-3H3,(H,23,25)/t18-/m0/s1. The van der Waals surface area contributed by atoms with Crippen LogP contribution in [-0.4, -0.2) is 28.7 Å². The van der Waals surface area contributed by atoms with Crippen molar-refractivity contribution in [3.63, 3.8) is 0 Å². The molecule has 1 aliphatic heterocycles. The van der Waals surface area contributed by atoms with Crippen LogP contribution in [0.3, 0.4) is 0 Å². The van der Waals surface area contributed by atoms with Crippen molar-refractivity contribution >= 4 is 23.4 Å². The Kier molecular flexibility index (Phi) is 5.40. The van der Waals surface area contributed by atoms with Crippen LogP contribution in [0.5, 0.6) is 0 Å². The zero-order valence-corrected chi connectivity index (χ0v) is 15.9. The maximum absolute atomic E-state index is 13.1. The molecule has 1 atom stereocenters. The molecule has 5 heteroatoms. The normalized spacial score (nSPS) is 14.3. The lowest BCUT2D eigenvalue weighted by molar-refractivity contribution is -0.120. The van der Waals surface area contributed by atoms with E-state index in [0.717, 1.165) is 34.6 Å². The molecule has 0 saturated carbocycles. The number of hydrogen-bond donors (Lipinski definition) is 1. The van der Waals surface area contributed by atoms with Crippen molar-refractivity contribution in [2.75, 3.05) is 5.32 Å². The van der Waals surface area contributed by atoms with Crippen LogP contribution < -0.4 is 5.32 Å². The Morgan fingerprint density at radius 2 is 1.52 bits per heavy atom. The fourth-order valence-corrected chi connectivity index (χ4v) is 3.48. The Labute approximate surface area is 159 Å². The zero-order chi connectivity index (χ0) is 19.6. The molecule has 0 spiro atoms. The summed E-state index contributed by atoms with van der Waals surface area (Å²) in [5.74, 6) is -1.11. The second kappa shape index (κ2) is 7.74. The first-order valence-electron chi connectivity index (χ1n) is 9.29. The first kappa shape index (κ1) is 18.8. The van der Waals surface area contributed by atoms with Crippen LogP contribution in [0, 0.1) is 13.8 Å². The maximum atomic E-state index is 13.1. The van der Waals surface area contributed by atoms with E-state index in [1.165, 1.54) is 0 Å². The average Bonchev–Trinajstić information content (AvgIpc) is 2.91. The van der Waals surface area contributed by atoms with Crippen LogP contribution >= 0.6 is 0 Å². The minimum Gasteiger partial charge on any atom is -0.324 e. The smallest absolute Gasteiger partial charge is 0.262 e. The number of benzene rings is 2. The van der Waals surface area contributed by atoms with Gasteiger partial charge in [0.25, 0.3) is 11.8 Å². The van der Waals surface area contributed by atoms with Gasteiger partial charge >= 0.3 is 0 Å². The largest absolute Gasteiger partial charge is 0.324 e. The number of nitrogens with one attached hydrogen (secondary N) is 1. The monoisotopic (exact) mass is 364 g/mol. The van der Waals surface area contributed by atoms with Gasteiger partial charge in [-0.1, -0.05) is 50.1 Å². The number of anilines is 1. The van der Waals surface area contributed by atoms with E-state index in [1.807, 2.05) is 39.0 Å². The van der Waals surface area contributed by atoms with E-state index in [1.54, 1.807) is 24.3 Å². The van der Waals surface area contributed by atoms with E-state index in [0.29, 0.717) is 17.5 Å². The second-order valence-corrected chi connectivity index (χ2v) is 6.94. The summed E-state index contributed by atoms with van der Waals surface area (Å²) in [6.45, 7) is 5.86. The van der Waals surface area contributed by atoms with E-state index >= 15 is 0 Å². The summed E-state index contributed by atoms with van der Waals surface area (Å²) in [5, 5.41) is 2.95. The minimum absolute atomic E-state index is 0.324. The summed E-state index contributed by atoms with van der Waals surface area (Å²) in [7, 11) is 0. The zero-order valence-electron chi connectivity index (χ0n) is 15.9. The van der Waals surface area contributed by atoms with E-state index < -0.39 is 17.9 Å². The number of imide groups is 1. The highest BCUT2D eigenvalue weighted by Gasteiger charge is 2.42. The van der Waals surface area contributed by atoms with Gasteiger partial charge < -0.3 is 5.32 Å². The summed E-state index contributed by atoms with van der Waals surface area (Å²) in [6.07, 6.45) is 2.06. The number of rotatable bonds is 6. The van der Waals surface area contributed by atoms with Gasteiger partial charge in [0, 0.05) is 5.69 Å². The van der Waals surface area contributed by atoms with Gasteiger partial charge in [0.1, 0.15) is 6.04 Å². The molecule has 5 nitrogen and oxygen atoms in total. The lowest BCUT2D eigenvalue weighted by Crippen LogP contribution is -2.47. The molecule has 0 saturated heterocycles. The van der Waals surface area contributed by atoms with Gasteiger partial charge in [0.15, 0.2) is 0 Å². The summed E-state index contributed by atoms with van der Waals surface area (Å²) in [4.78, 5) is 39.9. The van der Waals surface area contributed by atoms with E-state index in [4.69, 9.17) is 0 Å². The molecule has 3 rings (SSSR count). The maximum Gasteiger partial charge on any atom is 0.262 e. The number of unbranched alkanes of at least 4 members (excludes halogenated alkanes) is 1. The number of hydrogen-bond acceptors (Lipinski definition) is 3. The van der Waals surface area contributed by atoms with Crippen LogP contribution in [0.1, 0.15) is 58.0 Å². The Balaban J connectivity index is 1.92. The Morgan fingerprint density at radius 3 is 2.04 bits per heavy atom. The molecule has 0 radical (unpaired) electrons. The van der Waals surface area contributed by atoms with Crippen molar-refractivity contribution in [2.24, 2.45) is 0 Å². The first-order chi connectivity index (χ1) is 13.0. The molecule has 27 heavy (non-hydrogen) atoms. The van der Waals surface area contributed by atoms with Crippen molar-refractivity contribution < 1.29 is 14.4 Å². The third kappa shape index (κ3) is 3.50. The Hall–Kier alpha value is -2.95. The topological polar surface area (TPSA) is 66.5 Å². The van der Waals surface area contributed by atoms with Crippen LogP contribution in [-0.2, 0) is 4.79 Å².